The number of nitriles is 1. The van der Waals surface area contributed by atoms with E-state index in [1.807, 2.05) is 18.2 Å². The molecule has 0 spiro atoms. The molecule has 84 valence electrons. The molecule has 2 heteroatoms. The summed E-state index contributed by atoms with van der Waals surface area (Å²) < 4.78 is 0. The maximum atomic E-state index is 8.79. The van der Waals surface area contributed by atoms with Crippen molar-refractivity contribution in [3.8, 4) is 6.07 Å². The molecule has 0 radical (unpaired) electrons. The van der Waals surface area contributed by atoms with Crippen LogP contribution in [-0.4, -0.2) is 6.54 Å². The SMILES string of the molecule is CC1(CNCc2cccc(C#N)c2)CCC1. The first-order valence-corrected chi connectivity index (χ1v) is 5.92. The second kappa shape index (κ2) is 4.67. The molecule has 0 heterocycles. The zero-order valence-corrected chi connectivity index (χ0v) is 9.79. The fraction of sp³-hybridized carbons (Fsp3) is 0.500. The summed E-state index contributed by atoms with van der Waals surface area (Å²) in [5.74, 6) is 0. The van der Waals surface area contributed by atoms with Gasteiger partial charge in [0.25, 0.3) is 0 Å². The molecule has 1 aliphatic rings. The van der Waals surface area contributed by atoms with Crippen LogP contribution in [0, 0.1) is 16.7 Å². The molecular formula is C14H18N2. The zero-order chi connectivity index (χ0) is 11.4. The first-order valence-electron chi connectivity index (χ1n) is 5.92. The number of rotatable bonds is 4. The van der Waals surface area contributed by atoms with Crippen LogP contribution in [0.3, 0.4) is 0 Å². The minimum atomic E-state index is 0.521. The molecule has 1 N–H and O–H groups in total. The summed E-state index contributed by atoms with van der Waals surface area (Å²) in [4.78, 5) is 0. The van der Waals surface area contributed by atoms with Crippen molar-refractivity contribution in [2.45, 2.75) is 32.7 Å². The highest BCUT2D eigenvalue weighted by molar-refractivity contribution is 5.32. The topological polar surface area (TPSA) is 35.8 Å². The van der Waals surface area contributed by atoms with E-state index >= 15 is 0 Å². The van der Waals surface area contributed by atoms with Crippen molar-refractivity contribution in [3.05, 3.63) is 35.4 Å². The van der Waals surface area contributed by atoms with Crippen LogP contribution < -0.4 is 5.32 Å². The monoisotopic (exact) mass is 214 g/mol. The molecule has 1 fully saturated rings. The van der Waals surface area contributed by atoms with E-state index in [1.54, 1.807) is 0 Å². The summed E-state index contributed by atoms with van der Waals surface area (Å²) in [5, 5.41) is 12.3. The fourth-order valence-electron chi connectivity index (χ4n) is 2.22. The molecule has 0 aliphatic heterocycles. The molecule has 16 heavy (non-hydrogen) atoms. The Kier molecular flexibility index (Phi) is 3.26. The molecule has 0 saturated heterocycles. The van der Waals surface area contributed by atoms with Crippen LogP contribution in [0.25, 0.3) is 0 Å². The normalized spacial score (nSPS) is 17.5. The molecule has 1 aliphatic carbocycles. The molecule has 0 unspecified atom stereocenters. The van der Waals surface area contributed by atoms with Crippen molar-refractivity contribution in [2.24, 2.45) is 5.41 Å². The number of nitrogens with one attached hydrogen (secondary N) is 1. The van der Waals surface area contributed by atoms with E-state index in [-0.39, 0.29) is 0 Å². The van der Waals surface area contributed by atoms with Gasteiger partial charge in [0, 0.05) is 13.1 Å². The van der Waals surface area contributed by atoms with Crippen LogP contribution in [0.4, 0.5) is 0 Å². The van der Waals surface area contributed by atoms with Crippen LogP contribution in [0.5, 0.6) is 0 Å². The number of benzene rings is 1. The van der Waals surface area contributed by atoms with Crippen LogP contribution >= 0.6 is 0 Å². The lowest BCUT2D eigenvalue weighted by molar-refractivity contribution is 0.156. The van der Waals surface area contributed by atoms with Gasteiger partial charge < -0.3 is 5.32 Å². The Morgan fingerprint density at radius 1 is 1.44 bits per heavy atom. The Balaban J connectivity index is 1.83. The average Bonchev–Trinajstić information content (AvgIpc) is 2.27. The standard InChI is InChI=1S/C14H18N2/c1-14(6-3-7-14)11-16-10-13-5-2-4-12(8-13)9-15/h2,4-5,8,16H,3,6-7,10-11H2,1H3. The lowest BCUT2D eigenvalue weighted by atomic mass is 9.70. The van der Waals surface area contributed by atoms with E-state index in [2.05, 4.69) is 24.4 Å². The third-order valence-electron chi connectivity index (χ3n) is 3.50. The average molecular weight is 214 g/mol. The van der Waals surface area contributed by atoms with Gasteiger partial charge in [-0.3, -0.25) is 0 Å². The predicted octanol–water partition coefficient (Wildman–Crippen LogP) is 2.84. The maximum absolute atomic E-state index is 8.79. The van der Waals surface area contributed by atoms with Crippen molar-refractivity contribution in [2.75, 3.05) is 6.54 Å². The smallest absolute Gasteiger partial charge is 0.0991 e. The van der Waals surface area contributed by atoms with Gasteiger partial charge >= 0.3 is 0 Å². The van der Waals surface area contributed by atoms with Crippen molar-refractivity contribution >= 4 is 0 Å². The van der Waals surface area contributed by atoms with E-state index in [0.717, 1.165) is 18.7 Å². The minimum Gasteiger partial charge on any atom is -0.312 e. The Bertz CT molecular complexity index is 399. The molecule has 0 aromatic heterocycles. The van der Waals surface area contributed by atoms with Crippen molar-refractivity contribution in [3.63, 3.8) is 0 Å². The summed E-state index contributed by atoms with van der Waals surface area (Å²) in [5.41, 5.74) is 2.46. The van der Waals surface area contributed by atoms with Gasteiger partial charge in [-0.25, -0.2) is 0 Å². The molecule has 0 bridgehead atoms. The van der Waals surface area contributed by atoms with Gasteiger partial charge in [0.15, 0.2) is 0 Å². The quantitative estimate of drug-likeness (QED) is 0.836. The van der Waals surface area contributed by atoms with Crippen molar-refractivity contribution < 1.29 is 0 Å². The third-order valence-corrected chi connectivity index (χ3v) is 3.50. The molecular weight excluding hydrogens is 196 g/mol. The van der Waals surface area contributed by atoms with Gasteiger partial charge in [0.2, 0.25) is 0 Å². The van der Waals surface area contributed by atoms with Gasteiger partial charge in [-0.2, -0.15) is 5.26 Å². The van der Waals surface area contributed by atoms with E-state index < -0.39 is 0 Å². The summed E-state index contributed by atoms with van der Waals surface area (Å²) in [6, 6.07) is 9.98. The molecule has 1 aromatic carbocycles. The summed E-state index contributed by atoms with van der Waals surface area (Å²) in [6.07, 6.45) is 4.07. The molecule has 0 amide bonds. The molecule has 1 saturated carbocycles. The Morgan fingerprint density at radius 2 is 2.25 bits per heavy atom. The summed E-state index contributed by atoms with van der Waals surface area (Å²) in [6.45, 7) is 4.30. The first-order chi connectivity index (χ1) is 7.72. The van der Waals surface area contributed by atoms with Crippen molar-refractivity contribution in [1.82, 2.24) is 5.32 Å². The van der Waals surface area contributed by atoms with Gasteiger partial charge in [-0.15, -0.1) is 0 Å². The van der Waals surface area contributed by atoms with E-state index in [1.165, 1.54) is 24.8 Å². The Morgan fingerprint density at radius 3 is 2.88 bits per heavy atom. The number of nitrogens with zero attached hydrogens (tertiary/aromatic N) is 1. The molecule has 1 aromatic rings. The summed E-state index contributed by atoms with van der Waals surface area (Å²) >= 11 is 0. The highest BCUT2D eigenvalue weighted by atomic mass is 14.9. The van der Waals surface area contributed by atoms with E-state index in [0.29, 0.717) is 5.41 Å². The largest absolute Gasteiger partial charge is 0.312 e. The maximum Gasteiger partial charge on any atom is 0.0991 e. The van der Waals surface area contributed by atoms with Gasteiger partial charge in [0.05, 0.1) is 11.6 Å². The molecule has 2 rings (SSSR count). The lowest BCUT2D eigenvalue weighted by Crippen LogP contribution is -2.36. The Hall–Kier alpha value is -1.33. The van der Waals surface area contributed by atoms with Gasteiger partial charge in [-0.05, 0) is 36.0 Å². The lowest BCUT2D eigenvalue weighted by Gasteiger charge is -2.38. The van der Waals surface area contributed by atoms with Crippen LogP contribution in [0.1, 0.15) is 37.3 Å². The molecule has 0 atom stereocenters. The predicted molar refractivity (Wildman–Crippen MR) is 64.8 cm³/mol. The minimum absolute atomic E-state index is 0.521. The highest BCUT2D eigenvalue weighted by Crippen LogP contribution is 2.39. The second-order valence-corrected chi connectivity index (χ2v) is 5.08. The van der Waals surface area contributed by atoms with Gasteiger partial charge in [-0.1, -0.05) is 25.5 Å². The van der Waals surface area contributed by atoms with Crippen molar-refractivity contribution in [1.29, 1.82) is 5.26 Å². The second-order valence-electron chi connectivity index (χ2n) is 5.08. The Labute approximate surface area is 97.3 Å². The van der Waals surface area contributed by atoms with E-state index in [9.17, 15) is 0 Å². The fourth-order valence-corrected chi connectivity index (χ4v) is 2.22. The van der Waals surface area contributed by atoms with Crippen LogP contribution in [0.15, 0.2) is 24.3 Å². The van der Waals surface area contributed by atoms with Crippen LogP contribution in [0.2, 0.25) is 0 Å². The number of hydrogen-bond acceptors (Lipinski definition) is 2. The zero-order valence-electron chi connectivity index (χ0n) is 9.79. The van der Waals surface area contributed by atoms with Gasteiger partial charge in [0.1, 0.15) is 0 Å². The van der Waals surface area contributed by atoms with E-state index in [4.69, 9.17) is 5.26 Å². The van der Waals surface area contributed by atoms with Crippen LogP contribution in [-0.2, 0) is 6.54 Å². The third kappa shape index (κ3) is 2.62. The summed E-state index contributed by atoms with van der Waals surface area (Å²) in [7, 11) is 0. The first kappa shape index (κ1) is 11.2. The molecule has 2 nitrogen and oxygen atoms in total. The highest BCUT2D eigenvalue weighted by Gasteiger charge is 2.30. The number of hydrogen-bond donors (Lipinski definition) is 1.